The number of urea groups is 1. The topological polar surface area (TPSA) is 98.8 Å². The van der Waals surface area contributed by atoms with E-state index in [0.717, 1.165) is 0 Å². The van der Waals surface area contributed by atoms with Gasteiger partial charge in [0.1, 0.15) is 0 Å². The van der Waals surface area contributed by atoms with Crippen molar-refractivity contribution in [3.63, 3.8) is 0 Å². The number of carboxylic acid groups (broad SMARTS) is 1. The molecule has 0 saturated heterocycles. The second-order valence-electron chi connectivity index (χ2n) is 5.64. The van der Waals surface area contributed by atoms with Crippen LogP contribution in [0.5, 0.6) is 0 Å². The maximum atomic E-state index is 12.5. The normalized spacial score (nSPS) is 17.2. The van der Waals surface area contributed by atoms with Crippen LogP contribution in [0.1, 0.15) is 31.4 Å². The average Bonchev–Trinajstić information content (AvgIpc) is 2.59. The fraction of sp³-hybridized carbons (Fsp3) is 0.353. The molecule has 2 amide bonds. The van der Waals surface area contributed by atoms with Crippen molar-refractivity contribution in [3.8, 4) is 0 Å². The number of allylic oxidation sites excluding steroid dienone is 1. The molecule has 1 N–H and O–H groups in total. The minimum atomic E-state index is -1.21. The van der Waals surface area contributed by atoms with Crippen LogP contribution in [-0.4, -0.2) is 36.5 Å². The third-order valence-electron chi connectivity index (χ3n) is 4.06. The van der Waals surface area contributed by atoms with E-state index in [1.165, 1.54) is 12.0 Å². The van der Waals surface area contributed by atoms with Crippen LogP contribution in [0.25, 0.3) is 0 Å². The van der Waals surface area contributed by atoms with Crippen LogP contribution in [0.4, 0.5) is 4.79 Å². The van der Waals surface area contributed by atoms with Gasteiger partial charge in [0.2, 0.25) is 0 Å². The Bertz CT molecular complexity index is 778. The van der Waals surface area contributed by atoms with Crippen LogP contribution in [0, 0.1) is 0 Å². The number of aliphatic carboxylic acids is 1. The number of benzene rings is 1. The molecule has 1 aromatic rings. The van der Waals surface area contributed by atoms with E-state index in [9.17, 15) is 19.5 Å². The largest absolute Gasteiger partial charge is 0.550 e. The third kappa shape index (κ3) is 4.11. The van der Waals surface area contributed by atoms with E-state index < -0.39 is 24.0 Å². The van der Waals surface area contributed by atoms with Crippen molar-refractivity contribution in [2.45, 2.75) is 25.8 Å². The molecule has 2 rings (SSSR count). The molecule has 0 unspecified atom stereocenters. The summed E-state index contributed by atoms with van der Waals surface area (Å²) >= 11 is 12.3. The smallest absolute Gasteiger partial charge is 0.337 e. The van der Waals surface area contributed by atoms with Gasteiger partial charge in [0.15, 0.2) is 0 Å². The SMILES string of the molecule is COC(=O)C1=C(C)N(CCCC(=O)[O-])C(=O)N[C@@H]1c1cccc(Cl)c1Cl. The molecule has 1 aromatic carbocycles. The number of methoxy groups -OCH3 is 1. The van der Waals surface area contributed by atoms with E-state index >= 15 is 0 Å². The monoisotopic (exact) mass is 399 g/mol. The van der Waals surface area contributed by atoms with Gasteiger partial charge in [0.25, 0.3) is 0 Å². The summed E-state index contributed by atoms with van der Waals surface area (Å²) in [5.74, 6) is -1.84. The highest BCUT2D eigenvalue weighted by Crippen LogP contribution is 2.37. The van der Waals surface area contributed by atoms with Gasteiger partial charge in [-0.1, -0.05) is 35.3 Å². The van der Waals surface area contributed by atoms with Crippen molar-refractivity contribution < 1.29 is 24.2 Å². The minimum Gasteiger partial charge on any atom is -0.550 e. The van der Waals surface area contributed by atoms with Gasteiger partial charge in [-0.05, 0) is 31.4 Å². The summed E-state index contributed by atoms with van der Waals surface area (Å²) in [4.78, 5) is 36.7. The first-order chi connectivity index (χ1) is 12.3. The van der Waals surface area contributed by atoms with E-state index in [2.05, 4.69) is 5.32 Å². The summed E-state index contributed by atoms with van der Waals surface area (Å²) in [5.41, 5.74) is 1.02. The number of carbonyl (C=O) groups excluding carboxylic acids is 3. The molecule has 1 aliphatic rings. The molecule has 0 aromatic heterocycles. The molecule has 0 bridgehead atoms. The van der Waals surface area contributed by atoms with Crippen molar-refractivity contribution >= 4 is 41.2 Å². The highest BCUT2D eigenvalue weighted by atomic mass is 35.5. The van der Waals surface area contributed by atoms with Gasteiger partial charge in [-0.2, -0.15) is 0 Å². The number of carbonyl (C=O) groups is 3. The maximum absolute atomic E-state index is 12.5. The van der Waals surface area contributed by atoms with Crippen molar-refractivity contribution in [3.05, 3.63) is 45.1 Å². The molecule has 0 spiro atoms. The Hall–Kier alpha value is -2.25. The van der Waals surface area contributed by atoms with E-state index in [1.54, 1.807) is 25.1 Å². The van der Waals surface area contributed by atoms with Gasteiger partial charge in [-0.25, -0.2) is 9.59 Å². The Morgan fingerprint density at radius 1 is 1.35 bits per heavy atom. The van der Waals surface area contributed by atoms with E-state index in [4.69, 9.17) is 27.9 Å². The minimum absolute atomic E-state index is 0.113. The van der Waals surface area contributed by atoms with Crippen LogP contribution < -0.4 is 10.4 Å². The summed E-state index contributed by atoms with van der Waals surface area (Å²) in [6.45, 7) is 1.71. The quantitative estimate of drug-likeness (QED) is 0.737. The van der Waals surface area contributed by atoms with E-state index in [0.29, 0.717) is 11.3 Å². The van der Waals surface area contributed by atoms with Crippen LogP contribution in [0.3, 0.4) is 0 Å². The summed E-state index contributed by atoms with van der Waals surface area (Å²) in [7, 11) is 1.23. The Kier molecular flexibility index (Phi) is 6.50. The second kappa shape index (κ2) is 8.42. The predicted molar refractivity (Wildman–Crippen MR) is 93.4 cm³/mol. The molecule has 9 heteroatoms. The Morgan fingerprint density at radius 2 is 2.04 bits per heavy atom. The van der Waals surface area contributed by atoms with Gasteiger partial charge in [-0.15, -0.1) is 0 Å². The lowest BCUT2D eigenvalue weighted by molar-refractivity contribution is -0.305. The van der Waals surface area contributed by atoms with Gasteiger partial charge in [0, 0.05) is 18.2 Å². The number of amides is 2. The fourth-order valence-corrected chi connectivity index (χ4v) is 3.20. The lowest BCUT2D eigenvalue weighted by Crippen LogP contribution is -2.48. The van der Waals surface area contributed by atoms with Gasteiger partial charge >= 0.3 is 12.0 Å². The highest BCUT2D eigenvalue weighted by molar-refractivity contribution is 6.42. The number of hydrogen-bond donors (Lipinski definition) is 1. The number of carboxylic acids is 1. The summed E-state index contributed by atoms with van der Waals surface area (Å²) in [5, 5.41) is 13.8. The molecule has 0 aliphatic carbocycles. The van der Waals surface area contributed by atoms with Crippen molar-refractivity contribution in [2.75, 3.05) is 13.7 Å². The summed E-state index contributed by atoms with van der Waals surface area (Å²) in [6, 6.07) is 3.60. The summed E-state index contributed by atoms with van der Waals surface area (Å²) in [6.07, 6.45) is -0.0156. The van der Waals surface area contributed by atoms with Crippen LogP contribution in [-0.2, 0) is 14.3 Å². The molecule has 0 radical (unpaired) electrons. The zero-order valence-electron chi connectivity index (χ0n) is 14.2. The van der Waals surface area contributed by atoms with Crippen LogP contribution >= 0.6 is 23.2 Å². The van der Waals surface area contributed by atoms with Gasteiger partial charge in [0.05, 0.1) is 28.8 Å². The number of esters is 1. The molecule has 0 saturated carbocycles. The number of halogens is 2. The van der Waals surface area contributed by atoms with Gasteiger partial charge in [-0.3, -0.25) is 4.90 Å². The molecule has 140 valence electrons. The molecule has 26 heavy (non-hydrogen) atoms. The number of nitrogens with one attached hydrogen (secondary N) is 1. The Labute approximate surface area is 160 Å². The maximum Gasteiger partial charge on any atom is 0.337 e. The third-order valence-corrected chi connectivity index (χ3v) is 4.89. The van der Waals surface area contributed by atoms with Gasteiger partial charge < -0.3 is 20.0 Å². The zero-order chi connectivity index (χ0) is 19.4. The van der Waals surface area contributed by atoms with Crippen molar-refractivity contribution in [1.29, 1.82) is 0 Å². The summed E-state index contributed by atoms with van der Waals surface area (Å²) < 4.78 is 4.85. The standard InChI is InChI=1S/C17H18Cl2N2O5/c1-9-13(16(24)26-2)15(10-5-3-6-11(18)14(10)19)20-17(25)21(9)8-4-7-12(22)23/h3,5-6,15H,4,7-8H2,1-2H3,(H,20,25)(H,22,23)/p-1/t15-/m1/s1. The number of rotatable bonds is 6. The predicted octanol–water partition coefficient (Wildman–Crippen LogP) is 2.04. The molecule has 1 aliphatic heterocycles. The lowest BCUT2D eigenvalue weighted by atomic mass is 9.94. The lowest BCUT2D eigenvalue weighted by Gasteiger charge is -2.35. The highest BCUT2D eigenvalue weighted by Gasteiger charge is 2.37. The number of ether oxygens (including phenoxy) is 1. The first-order valence-electron chi connectivity index (χ1n) is 7.78. The first kappa shape index (κ1) is 20.1. The molecular weight excluding hydrogens is 383 g/mol. The molecule has 1 atom stereocenters. The second-order valence-corrected chi connectivity index (χ2v) is 6.43. The van der Waals surface area contributed by atoms with Crippen LogP contribution in [0.2, 0.25) is 10.0 Å². The van der Waals surface area contributed by atoms with Crippen LogP contribution in [0.15, 0.2) is 29.5 Å². The first-order valence-corrected chi connectivity index (χ1v) is 8.54. The molecule has 7 nitrogen and oxygen atoms in total. The van der Waals surface area contributed by atoms with E-state index in [-0.39, 0.29) is 35.0 Å². The molecular formula is C17H17Cl2N2O5-. The number of hydrogen-bond acceptors (Lipinski definition) is 5. The average molecular weight is 400 g/mol. The van der Waals surface area contributed by atoms with E-state index in [1.807, 2.05) is 0 Å². The Balaban J connectivity index is 2.46. The molecule has 0 fully saturated rings. The molecule has 1 heterocycles. The van der Waals surface area contributed by atoms with Crippen molar-refractivity contribution in [2.24, 2.45) is 0 Å². The number of nitrogens with zero attached hydrogens (tertiary/aromatic N) is 1. The fourth-order valence-electron chi connectivity index (χ4n) is 2.78. The van der Waals surface area contributed by atoms with Crippen molar-refractivity contribution in [1.82, 2.24) is 10.2 Å². The Morgan fingerprint density at radius 3 is 2.65 bits per heavy atom. The zero-order valence-corrected chi connectivity index (χ0v) is 15.7.